The minimum absolute atomic E-state index is 0.985. The Morgan fingerprint density at radius 3 is 2.55 bits per heavy atom. The highest BCUT2D eigenvalue weighted by Gasteiger charge is 2.05. The summed E-state index contributed by atoms with van der Waals surface area (Å²) >= 11 is 0. The lowest BCUT2D eigenvalue weighted by atomic mass is 10.0. The van der Waals surface area contributed by atoms with E-state index in [0.29, 0.717) is 0 Å². The first-order valence-electron chi connectivity index (χ1n) is 7.13. The molecule has 0 fully saturated rings. The molecule has 0 atom stereocenters. The molecule has 22 heavy (non-hydrogen) atoms. The van der Waals surface area contributed by atoms with Crippen LogP contribution in [-0.2, 0) is 0 Å². The monoisotopic (exact) mass is 286 g/mol. The lowest BCUT2D eigenvalue weighted by molar-refractivity contribution is 0.879. The Hall–Kier alpha value is -3.01. The average molecular weight is 286 g/mol. The van der Waals surface area contributed by atoms with Gasteiger partial charge < -0.3 is 0 Å². The molecule has 0 bridgehead atoms. The number of rotatable bonds is 2. The van der Waals surface area contributed by atoms with Crippen molar-refractivity contribution in [3.8, 4) is 16.9 Å². The molecule has 0 spiro atoms. The van der Waals surface area contributed by atoms with Gasteiger partial charge in [0.2, 0.25) is 0 Å². The van der Waals surface area contributed by atoms with Gasteiger partial charge in [-0.2, -0.15) is 5.10 Å². The summed E-state index contributed by atoms with van der Waals surface area (Å²) in [4.78, 5) is 8.73. The third-order valence-electron chi connectivity index (χ3n) is 3.77. The van der Waals surface area contributed by atoms with Crippen molar-refractivity contribution in [3.05, 3.63) is 72.8 Å². The number of hydrogen-bond acceptors (Lipinski definition) is 3. The zero-order valence-corrected chi connectivity index (χ0v) is 12.1. The maximum atomic E-state index is 4.76. The van der Waals surface area contributed by atoms with Crippen molar-refractivity contribution in [1.29, 1.82) is 0 Å². The van der Waals surface area contributed by atoms with Gasteiger partial charge >= 0.3 is 0 Å². The van der Waals surface area contributed by atoms with Crippen LogP contribution < -0.4 is 0 Å². The predicted molar refractivity (Wildman–Crippen MR) is 86.8 cm³/mol. The topological polar surface area (TPSA) is 43.6 Å². The second kappa shape index (κ2) is 5.07. The highest BCUT2D eigenvalue weighted by atomic mass is 15.3. The number of pyridine rings is 1. The molecule has 4 heteroatoms. The highest BCUT2D eigenvalue weighted by molar-refractivity contribution is 5.84. The molecule has 0 aliphatic rings. The Bertz CT molecular complexity index is 925. The summed E-state index contributed by atoms with van der Waals surface area (Å²) in [5, 5.41) is 5.33. The van der Waals surface area contributed by atoms with E-state index < -0.39 is 0 Å². The second-order valence-corrected chi connectivity index (χ2v) is 5.23. The molecule has 2 aromatic heterocycles. The fourth-order valence-corrected chi connectivity index (χ4v) is 2.62. The van der Waals surface area contributed by atoms with E-state index >= 15 is 0 Å². The van der Waals surface area contributed by atoms with Crippen LogP contribution in [-0.4, -0.2) is 19.7 Å². The molecule has 2 aromatic carbocycles. The van der Waals surface area contributed by atoms with Crippen molar-refractivity contribution in [2.24, 2.45) is 0 Å². The fourth-order valence-electron chi connectivity index (χ4n) is 2.62. The Labute approximate surface area is 128 Å². The van der Waals surface area contributed by atoms with Gasteiger partial charge in [0.15, 0.2) is 0 Å². The van der Waals surface area contributed by atoms with Crippen molar-refractivity contribution < 1.29 is 0 Å². The molecular formula is C18H14N4. The maximum Gasteiger partial charge on any atom is 0.138 e. The summed E-state index contributed by atoms with van der Waals surface area (Å²) in [5.41, 5.74) is 5.33. The van der Waals surface area contributed by atoms with Crippen molar-refractivity contribution in [1.82, 2.24) is 19.7 Å². The van der Waals surface area contributed by atoms with Gasteiger partial charge in [0, 0.05) is 10.9 Å². The zero-order valence-electron chi connectivity index (χ0n) is 12.1. The number of fused-ring (bicyclic) bond motifs is 1. The van der Waals surface area contributed by atoms with Crippen LogP contribution in [0.3, 0.4) is 0 Å². The Morgan fingerprint density at radius 1 is 0.955 bits per heavy atom. The van der Waals surface area contributed by atoms with Gasteiger partial charge in [-0.3, -0.25) is 0 Å². The van der Waals surface area contributed by atoms with Crippen molar-refractivity contribution >= 4 is 10.9 Å². The minimum atomic E-state index is 0.985. The summed E-state index contributed by atoms with van der Waals surface area (Å²) < 4.78 is 1.74. The summed E-state index contributed by atoms with van der Waals surface area (Å²) in [5.74, 6) is 0. The third kappa shape index (κ3) is 2.15. The molecule has 0 radical (unpaired) electrons. The lowest BCUT2D eigenvalue weighted by Crippen LogP contribution is -1.94. The van der Waals surface area contributed by atoms with Crippen LogP contribution in [0.25, 0.3) is 27.8 Å². The SMILES string of the molecule is Cc1cc(-c2ccc(-n3cncn3)cc2)nc2ccccc12. The minimum Gasteiger partial charge on any atom is -0.248 e. The number of aryl methyl sites for hydroxylation is 1. The molecule has 4 nitrogen and oxygen atoms in total. The molecule has 4 rings (SSSR count). The number of benzene rings is 2. The normalized spacial score (nSPS) is 11.0. The van der Waals surface area contributed by atoms with Gasteiger partial charge in [0.1, 0.15) is 12.7 Å². The van der Waals surface area contributed by atoms with E-state index in [2.05, 4.69) is 47.3 Å². The zero-order chi connectivity index (χ0) is 14.9. The van der Waals surface area contributed by atoms with Crippen LogP contribution in [0.1, 0.15) is 5.56 Å². The Morgan fingerprint density at radius 2 is 1.77 bits per heavy atom. The number of aromatic nitrogens is 4. The molecule has 106 valence electrons. The van der Waals surface area contributed by atoms with Crippen molar-refractivity contribution in [3.63, 3.8) is 0 Å². The summed E-state index contributed by atoms with van der Waals surface area (Å²) in [6, 6.07) is 18.5. The van der Waals surface area contributed by atoms with E-state index in [9.17, 15) is 0 Å². The number of hydrogen-bond donors (Lipinski definition) is 0. The fraction of sp³-hybridized carbons (Fsp3) is 0.0556. The molecule has 0 saturated heterocycles. The van der Waals surface area contributed by atoms with Gasteiger partial charge in [-0.15, -0.1) is 0 Å². The first-order valence-corrected chi connectivity index (χ1v) is 7.13. The quantitative estimate of drug-likeness (QED) is 0.563. The number of para-hydroxylation sites is 1. The van der Waals surface area contributed by atoms with E-state index in [4.69, 9.17) is 4.98 Å². The standard InChI is InChI=1S/C18H14N4/c1-13-10-18(21-17-5-3-2-4-16(13)17)14-6-8-15(9-7-14)22-12-19-11-20-22/h2-12H,1H3. The van der Waals surface area contributed by atoms with Crippen molar-refractivity contribution in [2.45, 2.75) is 6.92 Å². The van der Waals surface area contributed by atoms with E-state index in [-0.39, 0.29) is 0 Å². The van der Waals surface area contributed by atoms with Gasteiger partial charge in [-0.25, -0.2) is 14.6 Å². The molecule has 0 aliphatic heterocycles. The highest BCUT2D eigenvalue weighted by Crippen LogP contribution is 2.24. The van der Waals surface area contributed by atoms with E-state index in [1.807, 2.05) is 24.3 Å². The Balaban J connectivity index is 1.78. The van der Waals surface area contributed by atoms with Gasteiger partial charge in [-0.05, 0) is 36.8 Å². The first kappa shape index (κ1) is 12.7. The average Bonchev–Trinajstić information content (AvgIpc) is 3.09. The molecule has 0 unspecified atom stereocenters. The molecule has 0 N–H and O–H groups in total. The van der Waals surface area contributed by atoms with Gasteiger partial charge in [0.25, 0.3) is 0 Å². The molecule has 0 aliphatic carbocycles. The largest absolute Gasteiger partial charge is 0.248 e. The molecule has 0 amide bonds. The van der Waals surface area contributed by atoms with Crippen LogP contribution in [0.5, 0.6) is 0 Å². The predicted octanol–water partition coefficient (Wildman–Crippen LogP) is 3.79. The number of nitrogens with zero attached hydrogens (tertiary/aromatic N) is 4. The van der Waals surface area contributed by atoms with Gasteiger partial charge in [0.05, 0.1) is 16.9 Å². The van der Waals surface area contributed by atoms with E-state index in [1.54, 1.807) is 11.0 Å². The third-order valence-corrected chi connectivity index (χ3v) is 3.77. The molecule has 2 heterocycles. The summed E-state index contributed by atoms with van der Waals surface area (Å²) in [6.45, 7) is 2.12. The summed E-state index contributed by atoms with van der Waals surface area (Å²) in [6.07, 6.45) is 3.22. The van der Waals surface area contributed by atoms with Crippen LogP contribution >= 0.6 is 0 Å². The van der Waals surface area contributed by atoms with Crippen LogP contribution in [0.2, 0.25) is 0 Å². The summed E-state index contributed by atoms with van der Waals surface area (Å²) in [7, 11) is 0. The van der Waals surface area contributed by atoms with Gasteiger partial charge in [-0.1, -0.05) is 30.3 Å². The van der Waals surface area contributed by atoms with Crippen molar-refractivity contribution in [2.75, 3.05) is 0 Å². The molecule has 0 saturated carbocycles. The van der Waals surface area contributed by atoms with E-state index in [0.717, 1.165) is 22.5 Å². The van der Waals surface area contributed by atoms with Crippen LogP contribution in [0.15, 0.2) is 67.3 Å². The smallest absolute Gasteiger partial charge is 0.138 e. The molecular weight excluding hydrogens is 272 g/mol. The first-order chi connectivity index (χ1) is 10.8. The Kier molecular flexibility index (Phi) is 2.93. The lowest BCUT2D eigenvalue weighted by Gasteiger charge is -2.07. The van der Waals surface area contributed by atoms with Crippen LogP contribution in [0, 0.1) is 6.92 Å². The van der Waals surface area contributed by atoms with Crippen LogP contribution in [0.4, 0.5) is 0 Å². The maximum absolute atomic E-state index is 4.76. The second-order valence-electron chi connectivity index (χ2n) is 5.23. The molecule has 4 aromatic rings. The van der Waals surface area contributed by atoms with E-state index in [1.165, 1.54) is 17.3 Å².